The monoisotopic (exact) mass is 367 g/mol. The molecule has 6 heteroatoms. The molecule has 0 fully saturated rings. The van der Waals surface area contributed by atoms with Crippen molar-refractivity contribution in [2.24, 2.45) is 0 Å². The molecule has 1 unspecified atom stereocenters. The van der Waals surface area contributed by atoms with E-state index in [1.807, 2.05) is 48.5 Å². The summed E-state index contributed by atoms with van der Waals surface area (Å²) in [4.78, 5) is 8.60. The lowest BCUT2D eigenvalue weighted by Gasteiger charge is -2.14. The van der Waals surface area contributed by atoms with Crippen LogP contribution in [0.4, 0.5) is 11.7 Å². The first-order valence-electron chi connectivity index (χ1n) is 9.06. The summed E-state index contributed by atoms with van der Waals surface area (Å²) in [6.07, 6.45) is 5.36. The van der Waals surface area contributed by atoms with Crippen LogP contribution in [0.3, 0.4) is 0 Å². The number of rotatable bonds is 4. The van der Waals surface area contributed by atoms with E-state index in [0.29, 0.717) is 6.01 Å². The van der Waals surface area contributed by atoms with E-state index in [0.717, 1.165) is 38.8 Å². The molecule has 0 bridgehead atoms. The van der Waals surface area contributed by atoms with Gasteiger partial charge in [0.15, 0.2) is 5.58 Å². The molecular formula is C22H17N5O. The molecule has 0 aliphatic heterocycles. The number of hydrogen-bond acceptors (Lipinski definition) is 6. The van der Waals surface area contributed by atoms with Gasteiger partial charge in [0.1, 0.15) is 5.52 Å². The number of fused-ring (bicyclic) bond motifs is 2. The summed E-state index contributed by atoms with van der Waals surface area (Å²) in [6.45, 7) is 2.12. The zero-order valence-corrected chi connectivity index (χ0v) is 15.2. The molecule has 3 aromatic heterocycles. The molecule has 0 aliphatic carbocycles. The second-order valence-corrected chi connectivity index (χ2v) is 6.61. The standard InChI is InChI=1S/C22H17N5O/c1-14(15-9-11-23-12-10-15)21-16-5-4-7-18(17(16)13-24-27-21)25-22-26-19-6-2-3-8-20(19)28-22/h2-14H,1H3,(H,25,26). The minimum Gasteiger partial charge on any atom is -0.423 e. The van der Waals surface area contributed by atoms with Gasteiger partial charge in [0.2, 0.25) is 0 Å². The third-order valence-corrected chi connectivity index (χ3v) is 4.89. The minimum atomic E-state index is 0.0961. The van der Waals surface area contributed by atoms with Gasteiger partial charge < -0.3 is 9.73 Å². The number of para-hydroxylation sites is 2. The van der Waals surface area contributed by atoms with Crippen molar-refractivity contribution in [2.75, 3.05) is 5.32 Å². The van der Waals surface area contributed by atoms with Crippen molar-refractivity contribution >= 4 is 33.6 Å². The summed E-state index contributed by atoms with van der Waals surface area (Å²) in [5.74, 6) is 0.0961. The predicted octanol–water partition coefficient (Wildman–Crippen LogP) is 5.06. The van der Waals surface area contributed by atoms with Crippen molar-refractivity contribution < 1.29 is 4.42 Å². The van der Waals surface area contributed by atoms with Gasteiger partial charge in [-0.1, -0.05) is 31.2 Å². The van der Waals surface area contributed by atoms with E-state index in [9.17, 15) is 0 Å². The lowest BCUT2D eigenvalue weighted by atomic mass is 9.95. The number of anilines is 2. The fourth-order valence-corrected chi connectivity index (χ4v) is 3.41. The van der Waals surface area contributed by atoms with Crippen LogP contribution in [0, 0.1) is 0 Å². The smallest absolute Gasteiger partial charge is 0.300 e. The number of aromatic nitrogens is 4. The molecule has 1 atom stereocenters. The second-order valence-electron chi connectivity index (χ2n) is 6.61. The summed E-state index contributed by atoms with van der Waals surface area (Å²) >= 11 is 0. The van der Waals surface area contributed by atoms with Crippen LogP contribution in [0.2, 0.25) is 0 Å². The zero-order chi connectivity index (χ0) is 18.9. The average Bonchev–Trinajstić information content (AvgIpc) is 3.16. The van der Waals surface area contributed by atoms with Crippen molar-refractivity contribution in [3.8, 4) is 0 Å². The van der Waals surface area contributed by atoms with Gasteiger partial charge >= 0.3 is 0 Å². The highest BCUT2D eigenvalue weighted by Crippen LogP contribution is 2.32. The highest BCUT2D eigenvalue weighted by Gasteiger charge is 2.16. The molecule has 3 heterocycles. The van der Waals surface area contributed by atoms with Crippen molar-refractivity contribution in [3.63, 3.8) is 0 Å². The van der Waals surface area contributed by atoms with Gasteiger partial charge in [0, 0.05) is 29.1 Å². The van der Waals surface area contributed by atoms with Crippen LogP contribution in [0.1, 0.15) is 24.1 Å². The number of benzene rings is 2. The molecule has 136 valence electrons. The summed E-state index contributed by atoms with van der Waals surface area (Å²) in [5, 5.41) is 14.0. The Morgan fingerprint density at radius 2 is 1.79 bits per heavy atom. The topological polar surface area (TPSA) is 76.7 Å². The molecule has 0 spiro atoms. The third kappa shape index (κ3) is 2.85. The van der Waals surface area contributed by atoms with Crippen molar-refractivity contribution in [2.45, 2.75) is 12.8 Å². The van der Waals surface area contributed by atoms with Gasteiger partial charge in [0.25, 0.3) is 6.01 Å². The summed E-state index contributed by atoms with van der Waals surface area (Å²) < 4.78 is 5.80. The number of nitrogens with zero attached hydrogens (tertiary/aromatic N) is 4. The van der Waals surface area contributed by atoms with E-state index in [1.54, 1.807) is 18.6 Å². The first-order chi connectivity index (χ1) is 13.8. The number of oxazole rings is 1. The van der Waals surface area contributed by atoms with E-state index in [1.165, 1.54) is 0 Å². The molecule has 0 saturated carbocycles. The Labute approximate surface area is 161 Å². The van der Waals surface area contributed by atoms with Crippen LogP contribution in [0.25, 0.3) is 21.9 Å². The Hall–Kier alpha value is -3.80. The number of pyridine rings is 1. The minimum absolute atomic E-state index is 0.0961. The zero-order valence-electron chi connectivity index (χ0n) is 15.2. The molecule has 28 heavy (non-hydrogen) atoms. The maximum Gasteiger partial charge on any atom is 0.300 e. The van der Waals surface area contributed by atoms with Crippen LogP contribution < -0.4 is 5.32 Å². The lowest BCUT2D eigenvalue weighted by Crippen LogP contribution is -2.03. The van der Waals surface area contributed by atoms with Crippen LogP contribution in [-0.4, -0.2) is 20.2 Å². The molecular weight excluding hydrogens is 350 g/mol. The van der Waals surface area contributed by atoms with Gasteiger partial charge in [-0.05, 0) is 35.9 Å². The molecule has 1 N–H and O–H groups in total. The fraction of sp³-hybridized carbons (Fsp3) is 0.0909. The van der Waals surface area contributed by atoms with Gasteiger partial charge in [-0.3, -0.25) is 4.98 Å². The maximum absolute atomic E-state index is 5.80. The van der Waals surface area contributed by atoms with E-state index < -0.39 is 0 Å². The molecule has 0 amide bonds. The number of nitrogens with one attached hydrogen (secondary N) is 1. The van der Waals surface area contributed by atoms with E-state index in [-0.39, 0.29) is 5.92 Å². The van der Waals surface area contributed by atoms with Gasteiger partial charge in [-0.25, -0.2) is 0 Å². The highest BCUT2D eigenvalue weighted by molar-refractivity contribution is 5.96. The summed E-state index contributed by atoms with van der Waals surface area (Å²) in [5.41, 5.74) is 4.51. The normalized spacial score (nSPS) is 12.3. The third-order valence-electron chi connectivity index (χ3n) is 4.89. The Morgan fingerprint density at radius 1 is 0.929 bits per heavy atom. The molecule has 0 radical (unpaired) electrons. The van der Waals surface area contributed by atoms with E-state index >= 15 is 0 Å². The summed E-state index contributed by atoms with van der Waals surface area (Å²) in [7, 11) is 0. The predicted molar refractivity (Wildman–Crippen MR) is 109 cm³/mol. The maximum atomic E-state index is 5.80. The summed E-state index contributed by atoms with van der Waals surface area (Å²) in [6, 6.07) is 18.2. The quantitative estimate of drug-likeness (QED) is 0.478. The average molecular weight is 367 g/mol. The van der Waals surface area contributed by atoms with E-state index in [2.05, 4.69) is 38.5 Å². The highest BCUT2D eigenvalue weighted by atomic mass is 16.4. The van der Waals surface area contributed by atoms with Crippen LogP contribution in [0.15, 0.2) is 77.6 Å². The van der Waals surface area contributed by atoms with Crippen LogP contribution in [-0.2, 0) is 0 Å². The van der Waals surface area contributed by atoms with Crippen LogP contribution >= 0.6 is 0 Å². The van der Waals surface area contributed by atoms with Gasteiger partial charge in [-0.15, -0.1) is 0 Å². The van der Waals surface area contributed by atoms with Crippen molar-refractivity contribution in [1.29, 1.82) is 0 Å². The van der Waals surface area contributed by atoms with E-state index in [4.69, 9.17) is 4.42 Å². The largest absolute Gasteiger partial charge is 0.423 e. The lowest BCUT2D eigenvalue weighted by molar-refractivity contribution is 0.623. The first kappa shape index (κ1) is 16.4. The Kier molecular flexibility index (Phi) is 3.94. The van der Waals surface area contributed by atoms with Crippen LogP contribution in [0.5, 0.6) is 0 Å². The van der Waals surface area contributed by atoms with Gasteiger partial charge in [0.05, 0.1) is 17.6 Å². The van der Waals surface area contributed by atoms with Gasteiger partial charge in [-0.2, -0.15) is 15.2 Å². The SMILES string of the molecule is CC(c1ccncc1)c1nncc2c(Nc3nc4ccccc4o3)cccc12. The number of hydrogen-bond donors (Lipinski definition) is 1. The fourth-order valence-electron chi connectivity index (χ4n) is 3.41. The Morgan fingerprint density at radius 3 is 2.64 bits per heavy atom. The molecule has 0 saturated heterocycles. The van der Waals surface area contributed by atoms with Crippen molar-refractivity contribution in [3.05, 3.63) is 84.4 Å². The molecule has 6 nitrogen and oxygen atoms in total. The Bertz CT molecular complexity index is 1230. The first-order valence-corrected chi connectivity index (χ1v) is 9.06. The molecule has 5 aromatic rings. The second kappa shape index (κ2) is 6.74. The molecule has 5 rings (SSSR count). The molecule has 2 aromatic carbocycles. The van der Waals surface area contributed by atoms with Crippen molar-refractivity contribution in [1.82, 2.24) is 20.2 Å². The molecule has 0 aliphatic rings. The Balaban J connectivity index is 1.57.